The van der Waals surface area contributed by atoms with Gasteiger partial charge in [0.15, 0.2) is 5.82 Å². The molecule has 2 amide bonds. The normalized spacial score (nSPS) is 19.4. The molecule has 1 saturated carbocycles. The zero-order chi connectivity index (χ0) is 29.3. The standard InChI is InChI=1S/C27H31BF3N7O3/c1-37-21-13-33-26(36-23(21)38(17-5-3-4-6-17)14-27(30,31)25(37)40)35-20-12-19(29)18(11-22(20)41-2)24(39)34-16-7-9-28(15-32)10-8-16/h11-13,16-17H,3-10,14H2,1-2H3,(H,34,39)(H,33,35,36). The lowest BCUT2D eigenvalue weighted by atomic mass is 9.42. The number of nitrogens with zero attached hydrogens (tertiary/aromatic N) is 5. The number of methoxy groups -OCH3 is 1. The molecule has 0 unspecified atom stereocenters. The van der Waals surface area contributed by atoms with Gasteiger partial charge in [-0.1, -0.05) is 25.5 Å². The molecule has 5 rings (SSSR count). The van der Waals surface area contributed by atoms with Crippen molar-refractivity contribution in [3.8, 4) is 11.7 Å². The van der Waals surface area contributed by atoms with Crippen molar-refractivity contribution < 1.29 is 27.5 Å². The van der Waals surface area contributed by atoms with E-state index in [-0.39, 0.29) is 53.3 Å². The topological polar surface area (TPSA) is 123 Å². The molecule has 2 aliphatic heterocycles. The Balaban J connectivity index is 1.40. The maximum absolute atomic E-state index is 15.2. The molecule has 0 radical (unpaired) electrons. The van der Waals surface area contributed by atoms with Crippen LogP contribution in [0.3, 0.4) is 0 Å². The van der Waals surface area contributed by atoms with Crippen LogP contribution in [0.1, 0.15) is 48.9 Å². The third-order valence-electron chi connectivity index (χ3n) is 8.16. The van der Waals surface area contributed by atoms with Crippen molar-refractivity contribution in [2.75, 3.05) is 35.8 Å². The molecule has 0 bridgehead atoms. The maximum atomic E-state index is 15.2. The number of amides is 2. The van der Waals surface area contributed by atoms with Crippen molar-refractivity contribution >= 4 is 41.7 Å². The monoisotopic (exact) mass is 569 g/mol. The van der Waals surface area contributed by atoms with Crippen molar-refractivity contribution in [1.29, 1.82) is 5.26 Å². The molecule has 41 heavy (non-hydrogen) atoms. The average molecular weight is 569 g/mol. The Bertz CT molecular complexity index is 1370. The molecule has 1 aromatic carbocycles. The summed E-state index contributed by atoms with van der Waals surface area (Å²) < 4.78 is 50.3. The number of hydrogen-bond donors (Lipinski definition) is 2. The summed E-state index contributed by atoms with van der Waals surface area (Å²) in [6, 6.07) is 2.01. The number of alkyl halides is 2. The molecule has 0 spiro atoms. The van der Waals surface area contributed by atoms with Gasteiger partial charge in [-0.3, -0.25) is 9.59 Å². The van der Waals surface area contributed by atoms with Crippen molar-refractivity contribution in [3.05, 3.63) is 29.7 Å². The molecular weight excluding hydrogens is 538 g/mol. The van der Waals surface area contributed by atoms with Crippen LogP contribution in [0.2, 0.25) is 12.6 Å². The lowest BCUT2D eigenvalue weighted by molar-refractivity contribution is -0.140. The Morgan fingerprint density at radius 2 is 1.93 bits per heavy atom. The van der Waals surface area contributed by atoms with Gasteiger partial charge in [0, 0.05) is 31.2 Å². The molecule has 1 aliphatic carbocycles. The number of aromatic nitrogens is 2. The van der Waals surface area contributed by atoms with Crippen LogP contribution in [0.25, 0.3) is 0 Å². The molecular formula is C27H31BF3N7O3. The molecule has 1 saturated heterocycles. The van der Waals surface area contributed by atoms with Gasteiger partial charge < -0.3 is 25.2 Å². The first kappa shape index (κ1) is 28.5. The number of nitrogens with one attached hydrogen (secondary N) is 2. The maximum Gasteiger partial charge on any atom is 0.342 e. The highest BCUT2D eigenvalue weighted by Gasteiger charge is 2.48. The Labute approximate surface area is 236 Å². The number of rotatable bonds is 6. The Kier molecular flexibility index (Phi) is 7.97. The van der Waals surface area contributed by atoms with Crippen LogP contribution in [0.4, 0.5) is 36.3 Å². The average Bonchev–Trinajstić information content (AvgIpc) is 3.48. The predicted molar refractivity (Wildman–Crippen MR) is 148 cm³/mol. The summed E-state index contributed by atoms with van der Waals surface area (Å²) in [5, 5.41) is 14.8. The van der Waals surface area contributed by atoms with Crippen LogP contribution in [0.15, 0.2) is 18.3 Å². The lowest BCUT2D eigenvalue weighted by Gasteiger charge is -2.31. The number of halogens is 3. The molecule has 14 heteroatoms. The first-order valence-electron chi connectivity index (χ1n) is 13.8. The second-order valence-electron chi connectivity index (χ2n) is 10.8. The number of ether oxygens (including phenoxy) is 1. The molecule has 216 valence electrons. The molecule has 3 aliphatic rings. The Morgan fingerprint density at radius 3 is 2.59 bits per heavy atom. The summed E-state index contributed by atoms with van der Waals surface area (Å²) in [7, 11) is 2.63. The van der Waals surface area contributed by atoms with Crippen LogP contribution in [-0.2, 0) is 4.79 Å². The number of hydrogen-bond acceptors (Lipinski definition) is 8. The minimum absolute atomic E-state index is 0.0121. The van der Waals surface area contributed by atoms with E-state index in [0.29, 0.717) is 38.3 Å². The fourth-order valence-electron chi connectivity index (χ4n) is 5.85. The molecule has 2 N–H and O–H groups in total. The first-order valence-corrected chi connectivity index (χ1v) is 13.8. The summed E-state index contributed by atoms with van der Waals surface area (Å²) >= 11 is 0. The van der Waals surface area contributed by atoms with Crippen LogP contribution in [-0.4, -0.2) is 67.2 Å². The molecule has 2 aromatic rings. The van der Waals surface area contributed by atoms with Crippen molar-refractivity contribution in [2.45, 2.75) is 69.2 Å². The highest BCUT2D eigenvalue weighted by molar-refractivity contribution is 6.67. The van der Waals surface area contributed by atoms with E-state index in [4.69, 9.17) is 10.00 Å². The number of carbonyl (C=O) groups excluding carboxylic acids is 2. The van der Waals surface area contributed by atoms with Gasteiger partial charge in [-0.05, 0) is 31.7 Å². The second kappa shape index (κ2) is 11.5. The summed E-state index contributed by atoms with van der Waals surface area (Å²) in [5.41, 5.74) is 0.0813. The van der Waals surface area contributed by atoms with Crippen molar-refractivity contribution in [1.82, 2.24) is 15.3 Å². The van der Waals surface area contributed by atoms with Gasteiger partial charge in [-0.25, -0.2) is 14.6 Å². The zero-order valence-corrected chi connectivity index (χ0v) is 22.9. The largest absolute Gasteiger partial charge is 0.495 e. The number of carbonyl (C=O) groups is 2. The van der Waals surface area contributed by atoms with E-state index in [0.717, 1.165) is 23.8 Å². The van der Waals surface area contributed by atoms with Gasteiger partial charge in [0.2, 0.25) is 5.95 Å². The van der Waals surface area contributed by atoms with Crippen molar-refractivity contribution in [3.63, 3.8) is 0 Å². The van der Waals surface area contributed by atoms with Gasteiger partial charge >= 0.3 is 5.92 Å². The molecule has 1 aromatic heterocycles. The van der Waals surface area contributed by atoms with Crippen LogP contribution < -0.4 is 25.2 Å². The van der Waals surface area contributed by atoms with Gasteiger partial charge in [0.05, 0.1) is 31.1 Å². The van der Waals surface area contributed by atoms with E-state index in [1.54, 1.807) is 0 Å². The summed E-state index contributed by atoms with van der Waals surface area (Å²) in [4.78, 5) is 36.4. The smallest absolute Gasteiger partial charge is 0.342 e. The summed E-state index contributed by atoms with van der Waals surface area (Å²) in [6.45, 7) is -0.826. The zero-order valence-electron chi connectivity index (χ0n) is 22.9. The molecule has 3 heterocycles. The van der Waals surface area contributed by atoms with Gasteiger partial charge in [0.25, 0.3) is 18.5 Å². The first-order chi connectivity index (χ1) is 19.6. The van der Waals surface area contributed by atoms with Gasteiger partial charge in [-0.15, -0.1) is 0 Å². The van der Waals surface area contributed by atoms with Crippen LogP contribution in [0, 0.1) is 17.0 Å². The van der Waals surface area contributed by atoms with E-state index in [1.807, 2.05) is 0 Å². The van der Waals surface area contributed by atoms with E-state index in [1.165, 1.54) is 31.3 Å². The fourth-order valence-corrected chi connectivity index (χ4v) is 5.85. The summed E-state index contributed by atoms with van der Waals surface area (Å²) in [6.07, 6.45) is 7.10. The van der Waals surface area contributed by atoms with Gasteiger partial charge in [0.1, 0.15) is 17.3 Å². The number of benzene rings is 1. The molecule has 2 fully saturated rings. The summed E-state index contributed by atoms with van der Waals surface area (Å²) in [5.74, 6) is -3.77. The molecule has 10 nitrogen and oxygen atoms in total. The minimum atomic E-state index is -3.61. The quantitative estimate of drug-likeness (QED) is 0.497. The number of nitriles is 1. The third kappa shape index (κ3) is 5.75. The van der Waals surface area contributed by atoms with Crippen molar-refractivity contribution in [2.24, 2.45) is 0 Å². The number of fused-ring (bicyclic) bond motifs is 1. The SMILES string of the molecule is COc1cc(C(=O)NC2CCB(C#N)CC2)c(F)cc1Nc1ncc2c(n1)N(C1CCCC1)CC(F)(F)C(=O)N2C. The highest BCUT2D eigenvalue weighted by Crippen LogP contribution is 2.40. The Hall–Kier alpha value is -4.02. The second-order valence-corrected chi connectivity index (χ2v) is 10.8. The van der Waals surface area contributed by atoms with Crippen LogP contribution >= 0.6 is 0 Å². The fraction of sp³-hybridized carbons (Fsp3) is 0.519. The highest BCUT2D eigenvalue weighted by atomic mass is 19.3. The Morgan fingerprint density at radius 1 is 1.22 bits per heavy atom. The van der Waals surface area contributed by atoms with E-state index >= 15 is 4.39 Å². The van der Waals surface area contributed by atoms with Crippen LogP contribution in [0.5, 0.6) is 5.75 Å². The predicted octanol–water partition coefficient (Wildman–Crippen LogP) is 4.18. The van der Waals surface area contributed by atoms with E-state index < -0.39 is 30.1 Å². The van der Waals surface area contributed by atoms with E-state index in [2.05, 4.69) is 26.6 Å². The lowest BCUT2D eigenvalue weighted by Crippen LogP contribution is -2.48. The minimum Gasteiger partial charge on any atom is -0.495 e. The third-order valence-corrected chi connectivity index (χ3v) is 8.16. The number of anilines is 4. The molecule has 0 atom stereocenters. The van der Waals surface area contributed by atoms with E-state index in [9.17, 15) is 18.4 Å². The van der Waals surface area contributed by atoms with Gasteiger partial charge in [-0.2, -0.15) is 13.8 Å².